The first-order chi connectivity index (χ1) is 7.54. The molecule has 0 heterocycles. The summed E-state index contributed by atoms with van der Waals surface area (Å²) in [6, 6.07) is 6.87. The van der Waals surface area contributed by atoms with Crippen LogP contribution in [0.2, 0.25) is 0 Å². The fraction of sp³-hybridized carbons (Fsp3) is 0.200. The predicted molar refractivity (Wildman–Crippen MR) is 53.6 cm³/mol. The lowest BCUT2D eigenvalue weighted by Gasteiger charge is -2.05. The van der Waals surface area contributed by atoms with Gasteiger partial charge in [0, 0.05) is 12.1 Å². The van der Waals surface area contributed by atoms with Crippen molar-refractivity contribution in [3.05, 3.63) is 39.9 Å². The highest BCUT2D eigenvalue weighted by molar-refractivity contribution is 5.90. The average molecular weight is 220 g/mol. The zero-order chi connectivity index (χ0) is 12.1. The molecule has 0 aromatic heterocycles. The molecular weight excluding hydrogens is 212 g/mol. The lowest BCUT2D eigenvalue weighted by atomic mass is 10.2. The van der Waals surface area contributed by atoms with Gasteiger partial charge in [0.15, 0.2) is 6.10 Å². The third-order valence-corrected chi connectivity index (χ3v) is 1.76. The predicted octanol–water partition coefficient (Wildman–Crippen LogP) is 1.66. The van der Waals surface area contributed by atoms with Crippen LogP contribution in [0.1, 0.15) is 17.3 Å². The number of nitro groups is 1. The molecular formula is C10H8N2O4. The molecule has 16 heavy (non-hydrogen) atoms. The Balaban J connectivity index is 2.89. The maximum atomic E-state index is 11.4. The van der Waals surface area contributed by atoms with Crippen LogP contribution in [0.4, 0.5) is 5.69 Å². The van der Waals surface area contributed by atoms with Crippen LogP contribution >= 0.6 is 0 Å². The van der Waals surface area contributed by atoms with Crippen molar-refractivity contribution in [3.63, 3.8) is 0 Å². The number of nitro benzene ring substituents is 1. The lowest BCUT2D eigenvalue weighted by Crippen LogP contribution is -2.13. The van der Waals surface area contributed by atoms with Gasteiger partial charge in [-0.1, -0.05) is 6.07 Å². The first kappa shape index (κ1) is 11.7. The highest BCUT2D eigenvalue weighted by Gasteiger charge is 2.14. The molecule has 0 radical (unpaired) electrons. The van der Waals surface area contributed by atoms with Crippen molar-refractivity contribution in [1.29, 1.82) is 5.26 Å². The van der Waals surface area contributed by atoms with Crippen molar-refractivity contribution < 1.29 is 14.5 Å². The van der Waals surface area contributed by atoms with Crippen LogP contribution in [0.25, 0.3) is 0 Å². The average Bonchev–Trinajstić information content (AvgIpc) is 2.28. The summed E-state index contributed by atoms with van der Waals surface area (Å²) in [5.74, 6) is -0.752. The molecule has 0 aliphatic heterocycles. The molecule has 0 aliphatic rings. The van der Waals surface area contributed by atoms with Crippen LogP contribution in [0.5, 0.6) is 0 Å². The summed E-state index contributed by atoms with van der Waals surface area (Å²) in [6.45, 7) is 1.41. The maximum Gasteiger partial charge on any atom is 0.339 e. The van der Waals surface area contributed by atoms with Gasteiger partial charge in [0.05, 0.1) is 10.5 Å². The second-order valence-electron chi connectivity index (χ2n) is 2.98. The molecule has 82 valence electrons. The summed E-state index contributed by atoms with van der Waals surface area (Å²) in [4.78, 5) is 21.2. The third-order valence-electron chi connectivity index (χ3n) is 1.76. The molecule has 0 fully saturated rings. The number of ether oxygens (including phenoxy) is 1. The van der Waals surface area contributed by atoms with Gasteiger partial charge in [-0.3, -0.25) is 10.1 Å². The number of esters is 1. The first-order valence-electron chi connectivity index (χ1n) is 4.39. The molecule has 1 rings (SSSR count). The van der Waals surface area contributed by atoms with E-state index < -0.39 is 17.0 Å². The highest BCUT2D eigenvalue weighted by atomic mass is 16.6. The summed E-state index contributed by atoms with van der Waals surface area (Å²) >= 11 is 0. The second kappa shape index (κ2) is 4.89. The Bertz CT molecular complexity index is 464. The van der Waals surface area contributed by atoms with Gasteiger partial charge in [0.25, 0.3) is 5.69 Å². The molecule has 0 saturated carbocycles. The van der Waals surface area contributed by atoms with Crippen LogP contribution in [-0.2, 0) is 4.74 Å². The molecule has 0 amide bonds. The first-order valence-corrected chi connectivity index (χ1v) is 4.39. The van der Waals surface area contributed by atoms with E-state index in [0.29, 0.717) is 0 Å². The van der Waals surface area contributed by atoms with Crippen LogP contribution in [-0.4, -0.2) is 17.0 Å². The van der Waals surface area contributed by atoms with Gasteiger partial charge in [-0.2, -0.15) is 5.26 Å². The van der Waals surface area contributed by atoms with Gasteiger partial charge in [0.1, 0.15) is 6.07 Å². The van der Waals surface area contributed by atoms with Gasteiger partial charge in [-0.05, 0) is 13.0 Å². The molecule has 1 aromatic rings. The molecule has 0 N–H and O–H groups in total. The van der Waals surface area contributed by atoms with Crippen LogP contribution in [0.15, 0.2) is 24.3 Å². The minimum Gasteiger partial charge on any atom is -0.444 e. The standard InChI is InChI=1S/C10H8N2O4/c1-7(6-11)16-10(13)8-3-2-4-9(5-8)12(14)15/h2-5,7H,1H3/t7-/m1/s1. The van der Waals surface area contributed by atoms with Gasteiger partial charge >= 0.3 is 5.97 Å². The molecule has 6 heteroatoms. The summed E-state index contributed by atoms with van der Waals surface area (Å²) < 4.78 is 4.70. The van der Waals surface area contributed by atoms with E-state index in [1.165, 1.54) is 25.1 Å². The molecule has 1 aromatic carbocycles. The zero-order valence-corrected chi connectivity index (χ0v) is 8.41. The Morgan fingerprint density at radius 1 is 1.62 bits per heavy atom. The summed E-state index contributed by atoms with van der Waals surface area (Å²) in [6.07, 6.45) is -0.883. The molecule has 6 nitrogen and oxygen atoms in total. The van der Waals surface area contributed by atoms with Crippen molar-refractivity contribution in [2.75, 3.05) is 0 Å². The zero-order valence-electron chi connectivity index (χ0n) is 8.41. The van der Waals surface area contributed by atoms with E-state index in [-0.39, 0.29) is 11.3 Å². The smallest absolute Gasteiger partial charge is 0.339 e. The van der Waals surface area contributed by atoms with Gasteiger partial charge in [-0.25, -0.2) is 4.79 Å². The molecule has 0 unspecified atom stereocenters. The number of carbonyl (C=O) groups is 1. The van der Waals surface area contributed by atoms with E-state index in [1.54, 1.807) is 6.07 Å². The number of nitriles is 1. The van der Waals surface area contributed by atoms with Crippen molar-refractivity contribution in [2.45, 2.75) is 13.0 Å². The number of carbonyl (C=O) groups excluding carboxylic acids is 1. The largest absolute Gasteiger partial charge is 0.444 e. The fourth-order valence-corrected chi connectivity index (χ4v) is 1.00. The van der Waals surface area contributed by atoms with E-state index in [0.717, 1.165) is 6.07 Å². The minimum absolute atomic E-state index is 0.0521. The monoisotopic (exact) mass is 220 g/mol. The van der Waals surface area contributed by atoms with E-state index in [2.05, 4.69) is 0 Å². The van der Waals surface area contributed by atoms with Gasteiger partial charge in [0.2, 0.25) is 0 Å². The van der Waals surface area contributed by atoms with E-state index in [9.17, 15) is 14.9 Å². The van der Waals surface area contributed by atoms with E-state index >= 15 is 0 Å². The number of hydrogen-bond donors (Lipinski definition) is 0. The number of nitrogens with zero attached hydrogens (tertiary/aromatic N) is 2. The number of benzene rings is 1. The number of rotatable bonds is 3. The van der Waals surface area contributed by atoms with Crippen molar-refractivity contribution in [3.8, 4) is 6.07 Å². The van der Waals surface area contributed by atoms with Crippen LogP contribution in [0.3, 0.4) is 0 Å². The summed E-state index contributed by atoms with van der Waals surface area (Å²) in [7, 11) is 0. The number of hydrogen-bond acceptors (Lipinski definition) is 5. The molecule has 0 aliphatic carbocycles. The van der Waals surface area contributed by atoms with Crippen LogP contribution < -0.4 is 0 Å². The van der Waals surface area contributed by atoms with Crippen molar-refractivity contribution in [1.82, 2.24) is 0 Å². The highest BCUT2D eigenvalue weighted by Crippen LogP contribution is 2.14. The normalized spacial score (nSPS) is 11.2. The van der Waals surface area contributed by atoms with Crippen molar-refractivity contribution in [2.24, 2.45) is 0 Å². The summed E-state index contributed by atoms with van der Waals surface area (Å²) in [5, 5.41) is 18.9. The van der Waals surface area contributed by atoms with Gasteiger partial charge in [-0.15, -0.1) is 0 Å². The second-order valence-corrected chi connectivity index (χ2v) is 2.98. The Kier molecular flexibility index (Phi) is 3.56. The Morgan fingerprint density at radius 3 is 2.88 bits per heavy atom. The van der Waals surface area contributed by atoms with E-state index in [1.807, 2.05) is 0 Å². The quantitative estimate of drug-likeness (QED) is 0.438. The van der Waals surface area contributed by atoms with Gasteiger partial charge < -0.3 is 4.74 Å². The lowest BCUT2D eigenvalue weighted by molar-refractivity contribution is -0.384. The Hall–Kier alpha value is -2.42. The Labute approximate surface area is 91.2 Å². The molecule has 0 bridgehead atoms. The summed E-state index contributed by atoms with van der Waals surface area (Å²) in [5.41, 5.74) is -0.143. The SMILES string of the molecule is C[C@H](C#N)OC(=O)c1cccc([N+](=O)[O-])c1. The van der Waals surface area contributed by atoms with Crippen LogP contribution in [0, 0.1) is 21.4 Å². The molecule has 1 atom stereocenters. The minimum atomic E-state index is -0.883. The molecule has 0 spiro atoms. The number of non-ortho nitro benzene ring substituents is 1. The van der Waals surface area contributed by atoms with E-state index in [4.69, 9.17) is 10.00 Å². The topological polar surface area (TPSA) is 93.2 Å². The fourth-order valence-electron chi connectivity index (χ4n) is 1.00. The third kappa shape index (κ3) is 2.78. The maximum absolute atomic E-state index is 11.4. The Morgan fingerprint density at radius 2 is 2.31 bits per heavy atom. The molecule has 0 saturated heterocycles. The van der Waals surface area contributed by atoms with Crippen molar-refractivity contribution >= 4 is 11.7 Å².